The van der Waals surface area contributed by atoms with Gasteiger partial charge in [0.1, 0.15) is 0 Å². The third-order valence-electron chi connectivity index (χ3n) is 2.71. The van der Waals surface area contributed by atoms with Gasteiger partial charge < -0.3 is 10.2 Å². The number of benzene rings is 1. The van der Waals surface area contributed by atoms with Gasteiger partial charge in [-0.2, -0.15) is 0 Å². The number of anilines is 2. The molecule has 4 nitrogen and oxygen atoms in total. The molecule has 1 N–H and O–H groups in total. The highest BCUT2D eigenvalue weighted by atomic mass is 35.5. The van der Waals surface area contributed by atoms with Crippen molar-refractivity contribution in [3.8, 4) is 0 Å². The number of carbonyl (C=O) groups is 1. The van der Waals surface area contributed by atoms with E-state index in [-0.39, 0.29) is 5.91 Å². The maximum absolute atomic E-state index is 12.2. The molecule has 6 heteroatoms. The second kappa shape index (κ2) is 6.11. The molecule has 1 heterocycles. The predicted molar refractivity (Wildman–Crippen MR) is 83.0 cm³/mol. The van der Waals surface area contributed by atoms with Gasteiger partial charge in [0.05, 0.1) is 22.0 Å². The van der Waals surface area contributed by atoms with Gasteiger partial charge in [-0.3, -0.25) is 9.78 Å². The zero-order valence-electron chi connectivity index (χ0n) is 11.0. The van der Waals surface area contributed by atoms with Crippen LogP contribution >= 0.6 is 23.2 Å². The van der Waals surface area contributed by atoms with Gasteiger partial charge in [0.2, 0.25) is 0 Å². The van der Waals surface area contributed by atoms with Gasteiger partial charge >= 0.3 is 0 Å². The van der Waals surface area contributed by atoms with E-state index < -0.39 is 0 Å². The molecule has 0 unspecified atom stereocenters. The van der Waals surface area contributed by atoms with Gasteiger partial charge in [-0.1, -0.05) is 23.2 Å². The van der Waals surface area contributed by atoms with Gasteiger partial charge in [0.15, 0.2) is 0 Å². The molecule has 2 aromatic rings. The van der Waals surface area contributed by atoms with E-state index in [2.05, 4.69) is 10.3 Å². The van der Waals surface area contributed by atoms with Crippen LogP contribution in [0.1, 0.15) is 10.4 Å². The van der Waals surface area contributed by atoms with Gasteiger partial charge in [-0.25, -0.2) is 0 Å². The predicted octanol–water partition coefficient (Wildman–Crippen LogP) is 3.71. The number of nitrogens with zero attached hydrogens (tertiary/aromatic N) is 2. The molecule has 0 bridgehead atoms. The minimum atomic E-state index is -0.303. The summed E-state index contributed by atoms with van der Waals surface area (Å²) in [5, 5.41) is 3.66. The summed E-state index contributed by atoms with van der Waals surface area (Å²) in [5.41, 5.74) is 1.85. The van der Waals surface area contributed by atoms with E-state index in [0.29, 0.717) is 21.3 Å². The number of aromatic nitrogens is 1. The minimum Gasteiger partial charge on any atom is -0.376 e. The molecule has 0 radical (unpaired) electrons. The molecule has 0 saturated heterocycles. The molecule has 0 aliphatic rings. The van der Waals surface area contributed by atoms with Crippen molar-refractivity contribution in [3.63, 3.8) is 0 Å². The maximum atomic E-state index is 12.2. The number of pyridine rings is 1. The summed E-state index contributed by atoms with van der Waals surface area (Å²) in [5.74, 6) is -0.303. The zero-order chi connectivity index (χ0) is 14.7. The number of amides is 1. The third kappa shape index (κ3) is 3.21. The van der Waals surface area contributed by atoms with E-state index >= 15 is 0 Å². The Bertz CT molecular complexity index is 644. The Morgan fingerprint density at radius 1 is 1.25 bits per heavy atom. The van der Waals surface area contributed by atoms with Crippen molar-refractivity contribution < 1.29 is 4.79 Å². The lowest BCUT2D eigenvalue weighted by Crippen LogP contribution is -2.17. The molecular formula is C14H13Cl2N3O. The quantitative estimate of drug-likeness (QED) is 0.940. The first kappa shape index (κ1) is 14.6. The smallest absolute Gasteiger partial charge is 0.257 e. The molecule has 0 saturated carbocycles. The van der Waals surface area contributed by atoms with E-state index in [9.17, 15) is 4.79 Å². The first-order valence-corrected chi connectivity index (χ1v) is 6.62. The van der Waals surface area contributed by atoms with E-state index in [1.807, 2.05) is 25.1 Å². The van der Waals surface area contributed by atoms with Crippen LogP contribution in [0.3, 0.4) is 0 Å². The number of hydrogen-bond donors (Lipinski definition) is 1. The molecule has 2 rings (SSSR count). The second-order valence-corrected chi connectivity index (χ2v) is 5.21. The van der Waals surface area contributed by atoms with E-state index in [1.54, 1.807) is 18.2 Å². The molecule has 1 amide bonds. The van der Waals surface area contributed by atoms with Gasteiger partial charge in [-0.05, 0) is 24.3 Å². The van der Waals surface area contributed by atoms with Gasteiger partial charge in [0.25, 0.3) is 5.91 Å². The van der Waals surface area contributed by atoms with Crippen molar-refractivity contribution in [2.75, 3.05) is 24.3 Å². The highest BCUT2D eigenvalue weighted by Gasteiger charge is 2.13. The normalized spacial score (nSPS) is 10.2. The van der Waals surface area contributed by atoms with Gasteiger partial charge in [-0.15, -0.1) is 0 Å². The standard InChI is InChI=1S/C14H13Cl2N3O/c1-19(2)13-4-3-9(15)7-12(13)18-14(20)10-5-6-17-8-11(10)16/h3-8H,1-2H3,(H,18,20). The summed E-state index contributed by atoms with van der Waals surface area (Å²) in [4.78, 5) is 18.0. The monoisotopic (exact) mass is 309 g/mol. The highest BCUT2D eigenvalue weighted by molar-refractivity contribution is 6.34. The van der Waals surface area contributed by atoms with Crippen LogP contribution in [-0.4, -0.2) is 25.0 Å². The van der Waals surface area contributed by atoms with Crippen LogP contribution in [0.15, 0.2) is 36.7 Å². The first-order chi connectivity index (χ1) is 9.49. The lowest BCUT2D eigenvalue weighted by molar-refractivity contribution is 0.102. The first-order valence-electron chi connectivity index (χ1n) is 5.87. The van der Waals surface area contributed by atoms with Crippen molar-refractivity contribution >= 4 is 40.5 Å². The fourth-order valence-corrected chi connectivity index (χ4v) is 2.12. The number of halogens is 2. The molecule has 0 spiro atoms. The van der Waals surface area contributed by atoms with E-state index in [0.717, 1.165) is 5.69 Å². The zero-order valence-corrected chi connectivity index (χ0v) is 12.5. The summed E-state index contributed by atoms with van der Waals surface area (Å²) >= 11 is 11.9. The van der Waals surface area contributed by atoms with Crippen molar-refractivity contribution in [2.45, 2.75) is 0 Å². The molecule has 1 aromatic heterocycles. The van der Waals surface area contributed by atoms with E-state index in [4.69, 9.17) is 23.2 Å². The van der Waals surface area contributed by atoms with Gasteiger partial charge in [0, 0.05) is 31.5 Å². The largest absolute Gasteiger partial charge is 0.376 e. The summed E-state index contributed by atoms with van der Waals surface area (Å²) in [6.07, 6.45) is 2.95. The Morgan fingerprint density at radius 3 is 2.65 bits per heavy atom. The molecule has 1 aromatic carbocycles. The van der Waals surface area contributed by atoms with Crippen LogP contribution in [0.5, 0.6) is 0 Å². The summed E-state index contributed by atoms with van der Waals surface area (Å²) < 4.78 is 0. The third-order valence-corrected chi connectivity index (χ3v) is 3.24. The Labute approximate surface area is 127 Å². The Hall–Kier alpha value is -1.78. The summed E-state index contributed by atoms with van der Waals surface area (Å²) in [7, 11) is 3.77. The van der Waals surface area contributed by atoms with Crippen LogP contribution in [0.25, 0.3) is 0 Å². The molecular weight excluding hydrogens is 297 g/mol. The van der Waals surface area contributed by atoms with Crippen LogP contribution in [0.2, 0.25) is 10.0 Å². The lowest BCUT2D eigenvalue weighted by Gasteiger charge is -2.18. The number of rotatable bonds is 3. The molecule has 0 aliphatic carbocycles. The molecule has 104 valence electrons. The van der Waals surface area contributed by atoms with Crippen molar-refractivity contribution in [3.05, 3.63) is 52.3 Å². The van der Waals surface area contributed by atoms with Crippen molar-refractivity contribution in [2.24, 2.45) is 0 Å². The number of nitrogens with one attached hydrogen (secondary N) is 1. The fourth-order valence-electron chi connectivity index (χ4n) is 1.75. The van der Waals surface area contributed by atoms with Crippen LogP contribution in [0.4, 0.5) is 11.4 Å². The second-order valence-electron chi connectivity index (χ2n) is 4.37. The number of hydrogen-bond acceptors (Lipinski definition) is 3. The molecule has 0 atom stereocenters. The average molecular weight is 310 g/mol. The average Bonchev–Trinajstić information content (AvgIpc) is 2.38. The SMILES string of the molecule is CN(C)c1ccc(Cl)cc1NC(=O)c1ccncc1Cl. The fraction of sp³-hybridized carbons (Fsp3) is 0.143. The maximum Gasteiger partial charge on any atom is 0.257 e. The Balaban J connectivity index is 2.33. The Morgan fingerprint density at radius 2 is 2.00 bits per heavy atom. The summed E-state index contributed by atoms with van der Waals surface area (Å²) in [6.45, 7) is 0. The number of carbonyl (C=O) groups excluding carboxylic acids is 1. The van der Waals surface area contributed by atoms with Crippen molar-refractivity contribution in [1.29, 1.82) is 0 Å². The molecule has 0 fully saturated rings. The molecule has 0 aliphatic heterocycles. The minimum absolute atomic E-state index is 0.303. The summed E-state index contributed by atoms with van der Waals surface area (Å²) in [6, 6.07) is 6.87. The molecule has 20 heavy (non-hydrogen) atoms. The highest BCUT2D eigenvalue weighted by Crippen LogP contribution is 2.28. The van der Waals surface area contributed by atoms with Crippen LogP contribution in [-0.2, 0) is 0 Å². The van der Waals surface area contributed by atoms with Crippen molar-refractivity contribution in [1.82, 2.24) is 4.98 Å². The lowest BCUT2D eigenvalue weighted by atomic mass is 10.2. The van der Waals surface area contributed by atoms with E-state index in [1.165, 1.54) is 12.4 Å². The Kier molecular flexibility index (Phi) is 4.47. The van der Waals surface area contributed by atoms with Crippen LogP contribution in [0, 0.1) is 0 Å². The topological polar surface area (TPSA) is 45.2 Å². The van der Waals surface area contributed by atoms with Crippen LogP contribution < -0.4 is 10.2 Å².